The number of hydrogen-bond acceptors (Lipinski definition) is 4. The van der Waals surface area contributed by atoms with E-state index in [9.17, 15) is 4.39 Å². The van der Waals surface area contributed by atoms with Crippen molar-refractivity contribution < 1.29 is 28.9 Å². The number of benzene rings is 1. The molecule has 3 heterocycles. The lowest BCUT2D eigenvalue weighted by atomic mass is 9.86. The second kappa shape index (κ2) is 7.22. The van der Waals surface area contributed by atoms with E-state index in [4.69, 9.17) is 24.5 Å². The fourth-order valence-corrected chi connectivity index (χ4v) is 2.75. The van der Waals surface area contributed by atoms with Gasteiger partial charge in [0.2, 0.25) is 0 Å². The Morgan fingerprint density at radius 3 is 2.18 bits per heavy atom. The highest BCUT2D eigenvalue weighted by Gasteiger charge is 2.35. The van der Waals surface area contributed by atoms with Crippen LogP contribution in [0.1, 0.15) is 12.8 Å². The van der Waals surface area contributed by atoms with Gasteiger partial charge >= 0.3 is 11.9 Å². The van der Waals surface area contributed by atoms with Crippen LogP contribution < -0.4 is 4.74 Å². The zero-order chi connectivity index (χ0) is 16.1. The summed E-state index contributed by atoms with van der Waals surface area (Å²) in [6.07, 6.45) is 2.57. The van der Waals surface area contributed by atoms with Gasteiger partial charge in [-0.1, -0.05) is 12.1 Å². The van der Waals surface area contributed by atoms with Gasteiger partial charge in [-0.3, -0.25) is 4.90 Å². The van der Waals surface area contributed by atoms with Crippen LogP contribution in [0.3, 0.4) is 0 Å². The molecule has 3 aliphatic heterocycles. The Kier molecular flexibility index (Phi) is 5.32. The summed E-state index contributed by atoms with van der Waals surface area (Å²) in [4.78, 5) is 20.6. The predicted octanol–water partition coefficient (Wildman–Crippen LogP) is 1.45. The van der Waals surface area contributed by atoms with Crippen molar-refractivity contribution in [2.45, 2.75) is 18.9 Å². The lowest BCUT2D eigenvalue weighted by molar-refractivity contribution is -0.159. The summed E-state index contributed by atoms with van der Waals surface area (Å²) in [5.41, 5.74) is 0. The van der Waals surface area contributed by atoms with Crippen LogP contribution in [0.2, 0.25) is 0 Å². The molecular formula is C15H18FNO5. The van der Waals surface area contributed by atoms with E-state index in [1.165, 1.54) is 32.0 Å². The molecule has 0 spiro atoms. The molecule has 3 saturated heterocycles. The van der Waals surface area contributed by atoms with Gasteiger partial charge in [0.25, 0.3) is 0 Å². The molecular weight excluding hydrogens is 293 g/mol. The van der Waals surface area contributed by atoms with Crippen LogP contribution in [0.15, 0.2) is 24.3 Å². The molecule has 7 heteroatoms. The van der Waals surface area contributed by atoms with Crippen LogP contribution in [0.25, 0.3) is 0 Å². The van der Waals surface area contributed by atoms with Gasteiger partial charge < -0.3 is 14.9 Å². The Hall–Kier alpha value is -2.15. The quantitative estimate of drug-likeness (QED) is 0.804. The lowest BCUT2D eigenvalue weighted by Crippen LogP contribution is -2.52. The average Bonchev–Trinajstić information content (AvgIpc) is 2.51. The molecule has 3 aliphatic rings. The number of piperidine rings is 3. The predicted molar refractivity (Wildman–Crippen MR) is 75.3 cm³/mol. The number of para-hydroxylation sites is 1. The minimum atomic E-state index is -1.82. The minimum absolute atomic E-state index is 0.180. The number of fused-ring (bicyclic) bond motifs is 3. The Bertz CT molecular complexity index is 530. The third kappa shape index (κ3) is 4.17. The molecule has 2 bridgehead atoms. The highest BCUT2D eigenvalue weighted by molar-refractivity contribution is 6.27. The molecule has 0 saturated carbocycles. The van der Waals surface area contributed by atoms with E-state index in [1.54, 1.807) is 12.1 Å². The SMILES string of the molecule is Fc1ccccc1O[C@H]1CN2CCC1CC2.O=C(O)C(=O)O. The van der Waals surface area contributed by atoms with Gasteiger partial charge in [-0.25, -0.2) is 14.0 Å². The smallest absolute Gasteiger partial charge is 0.414 e. The first kappa shape index (κ1) is 16.2. The molecule has 120 valence electrons. The fraction of sp³-hybridized carbons (Fsp3) is 0.467. The Morgan fingerprint density at radius 2 is 1.73 bits per heavy atom. The highest BCUT2D eigenvalue weighted by Crippen LogP contribution is 2.31. The van der Waals surface area contributed by atoms with Gasteiger partial charge in [0.15, 0.2) is 11.6 Å². The lowest BCUT2D eigenvalue weighted by Gasteiger charge is -2.44. The van der Waals surface area contributed by atoms with E-state index in [-0.39, 0.29) is 11.9 Å². The third-order valence-electron chi connectivity index (χ3n) is 3.89. The summed E-state index contributed by atoms with van der Waals surface area (Å²) in [6.45, 7) is 3.32. The standard InChI is InChI=1S/C13H16FNO.C2H2O4/c14-11-3-1-2-4-12(11)16-13-9-15-7-5-10(13)6-8-15;3-1(4)2(5)6/h1-4,10,13H,5-9H2;(H,3,4)(H,5,6)/t13-;/m0./s1. The first-order valence-corrected chi connectivity index (χ1v) is 7.07. The van der Waals surface area contributed by atoms with Crippen LogP contribution in [0, 0.1) is 11.7 Å². The van der Waals surface area contributed by atoms with E-state index < -0.39 is 11.9 Å². The molecule has 1 aromatic rings. The van der Waals surface area contributed by atoms with Gasteiger partial charge in [0, 0.05) is 6.54 Å². The monoisotopic (exact) mass is 311 g/mol. The van der Waals surface area contributed by atoms with Gasteiger partial charge in [0.1, 0.15) is 6.10 Å². The number of carboxylic acid groups (broad SMARTS) is 2. The van der Waals surface area contributed by atoms with Gasteiger partial charge in [0.05, 0.1) is 0 Å². The van der Waals surface area contributed by atoms with Crippen LogP contribution in [0.5, 0.6) is 5.75 Å². The molecule has 4 rings (SSSR count). The summed E-state index contributed by atoms with van der Waals surface area (Å²) in [7, 11) is 0. The zero-order valence-corrected chi connectivity index (χ0v) is 11.9. The maximum absolute atomic E-state index is 13.4. The molecule has 0 aromatic heterocycles. The van der Waals surface area contributed by atoms with Crippen LogP contribution in [0.4, 0.5) is 4.39 Å². The summed E-state index contributed by atoms with van der Waals surface area (Å²) in [5.74, 6) is -2.88. The van der Waals surface area contributed by atoms with E-state index in [1.807, 2.05) is 6.07 Å². The van der Waals surface area contributed by atoms with E-state index >= 15 is 0 Å². The van der Waals surface area contributed by atoms with Crippen molar-refractivity contribution in [1.82, 2.24) is 4.90 Å². The minimum Gasteiger partial charge on any atom is -0.486 e. The van der Waals surface area contributed by atoms with E-state index in [0.717, 1.165) is 6.54 Å². The molecule has 6 nitrogen and oxygen atoms in total. The molecule has 0 aliphatic carbocycles. The number of hydrogen-bond donors (Lipinski definition) is 2. The van der Waals surface area contributed by atoms with Crippen molar-refractivity contribution in [1.29, 1.82) is 0 Å². The van der Waals surface area contributed by atoms with Crippen molar-refractivity contribution in [2.24, 2.45) is 5.92 Å². The molecule has 22 heavy (non-hydrogen) atoms. The molecule has 2 N–H and O–H groups in total. The fourth-order valence-electron chi connectivity index (χ4n) is 2.75. The van der Waals surface area contributed by atoms with Crippen LogP contribution in [-0.2, 0) is 9.59 Å². The molecule has 0 radical (unpaired) electrons. The second-order valence-electron chi connectivity index (χ2n) is 5.34. The van der Waals surface area contributed by atoms with Crippen molar-refractivity contribution >= 4 is 11.9 Å². The molecule has 0 unspecified atom stereocenters. The zero-order valence-electron chi connectivity index (χ0n) is 11.9. The van der Waals surface area contributed by atoms with Gasteiger partial charge in [-0.05, 0) is 44.0 Å². The maximum atomic E-state index is 13.4. The molecule has 0 amide bonds. The Morgan fingerprint density at radius 1 is 1.14 bits per heavy atom. The Labute approximate surface area is 127 Å². The second-order valence-corrected chi connectivity index (χ2v) is 5.34. The van der Waals surface area contributed by atoms with Crippen molar-refractivity contribution in [3.63, 3.8) is 0 Å². The van der Waals surface area contributed by atoms with Gasteiger partial charge in [-0.15, -0.1) is 0 Å². The summed E-state index contributed by atoms with van der Waals surface area (Å²) in [6, 6.07) is 6.68. The number of carbonyl (C=O) groups is 2. The van der Waals surface area contributed by atoms with Crippen LogP contribution >= 0.6 is 0 Å². The average molecular weight is 311 g/mol. The topological polar surface area (TPSA) is 87.1 Å². The Balaban J connectivity index is 0.000000254. The number of aliphatic carboxylic acids is 2. The summed E-state index contributed by atoms with van der Waals surface area (Å²) >= 11 is 0. The maximum Gasteiger partial charge on any atom is 0.414 e. The largest absolute Gasteiger partial charge is 0.486 e. The number of halogens is 1. The summed E-state index contributed by atoms with van der Waals surface area (Å²) < 4.78 is 19.3. The van der Waals surface area contributed by atoms with Crippen LogP contribution in [-0.4, -0.2) is 52.8 Å². The number of rotatable bonds is 2. The molecule has 1 atom stereocenters. The normalized spacial score (nSPS) is 25.8. The summed E-state index contributed by atoms with van der Waals surface area (Å²) in [5, 5.41) is 14.8. The van der Waals surface area contributed by atoms with E-state index in [0.29, 0.717) is 11.7 Å². The first-order valence-electron chi connectivity index (χ1n) is 7.07. The highest BCUT2D eigenvalue weighted by atomic mass is 19.1. The molecule has 1 aromatic carbocycles. The van der Waals surface area contributed by atoms with Crippen molar-refractivity contribution in [3.05, 3.63) is 30.1 Å². The van der Waals surface area contributed by atoms with Crippen molar-refractivity contribution in [2.75, 3.05) is 19.6 Å². The van der Waals surface area contributed by atoms with Gasteiger partial charge in [-0.2, -0.15) is 0 Å². The molecule has 3 fully saturated rings. The third-order valence-corrected chi connectivity index (χ3v) is 3.89. The number of carboxylic acids is 2. The number of ether oxygens (including phenoxy) is 1. The van der Waals surface area contributed by atoms with E-state index in [2.05, 4.69) is 4.90 Å². The first-order chi connectivity index (χ1) is 10.5. The van der Waals surface area contributed by atoms with Crippen molar-refractivity contribution in [3.8, 4) is 5.75 Å². The number of nitrogens with zero attached hydrogens (tertiary/aromatic N) is 1.